The maximum absolute atomic E-state index is 12.3. The summed E-state index contributed by atoms with van der Waals surface area (Å²) in [5.41, 5.74) is 5.55. The minimum absolute atomic E-state index is 0.0668. The number of rotatable bonds is 8. The van der Waals surface area contributed by atoms with Crippen molar-refractivity contribution in [3.8, 4) is 0 Å². The molecule has 0 aliphatic heterocycles. The fraction of sp³-hybridized carbons (Fsp3) is 1.00. The third-order valence-corrected chi connectivity index (χ3v) is 5.26. The summed E-state index contributed by atoms with van der Waals surface area (Å²) in [7, 11) is -3.23. The van der Waals surface area contributed by atoms with Crippen molar-refractivity contribution < 1.29 is 13.2 Å². The van der Waals surface area contributed by atoms with E-state index in [9.17, 15) is 8.42 Å². The lowest BCUT2D eigenvalue weighted by atomic mass is 9.95. The Bertz CT molecular complexity index is 313. The molecule has 0 spiro atoms. The van der Waals surface area contributed by atoms with Crippen LogP contribution in [0.15, 0.2) is 0 Å². The third-order valence-electron chi connectivity index (χ3n) is 3.38. The van der Waals surface area contributed by atoms with Gasteiger partial charge in [-0.25, -0.2) is 8.42 Å². The predicted molar refractivity (Wildman–Crippen MR) is 72.9 cm³/mol. The standard InChI is InChI=1S/C12H26N2O3S/c1-2-17-10-11-18(15,16)14(9-8-13)12-6-4-3-5-7-12/h12H,2-11,13H2,1H3. The topological polar surface area (TPSA) is 72.6 Å². The molecule has 5 nitrogen and oxygen atoms in total. The van der Waals surface area contributed by atoms with Gasteiger partial charge in [-0.3, -0.25) is 0 Å². The molecule has 6 heteroatoms. The fourth-order valence-electron chi connectivity index (χ4n) is 2.47. The summed E-state index contributed by atoms with van der Waals surface area (Å²) in [5, 5.41) is 0. The normalized spacial score (nSPS) is 18.4. The van der Waals surface area contributed by atoms with Crippen LogP contribution in [0.4, 0.5) is 0 Å². The molecule has 0 bridgehead atoms. The van der Waals surface area contributed by atoms with E-state index in [0.29, 0.717) is 19.7 Å². The number of nitrogens with two attached hydrogens (primary N) is 1. The number of nitrogens with zero attached hydrogens (tertiary/aromatic N) is 1. The van der Waals surface area contributed by atoms with Crippen molar-refractivity contribution in [2.75, 3.05) is 32.1 Å². The first kappa shape index (κ1) is 15.9. The highest BCUT2D eigenvalue weighted by atomic mass is 32.2. The molecule has 0 radical (unpaired) electrons. The molecule has 0 atom stereocenters. The van der Waals surface area contributed by atoms with Gasteiger partial charge in [0.05, 0.1) is 12.4 Å². The van der Waals surface area contributed by atoms with Crippen LogP contribution >= 0.6 is 0 Å². The summed E-state index contributed by atoms with van der Waals surface area (Å²) < 4.78 is 31.3. The quantitative estimate of drug-likeness (QED) is 0.671. The highest BCUT2D eigenvalue weighted by Crippen LogP contribution is 2.24. The second-order valence-electron chi connectivity index (χ2n) is 4.70. The Morgan fingerprint density at radius 1 is 1.28 bits per heavy atom. The molecule has 1 rings (SSSR count). The van der Waals surface area contributed by atoms with Crippen LogP contribution in [0.5, 0.6) is 0 Å². The van der Waals surface area contributed by atoms with Gasteiger partial charge in [0, 0.05) is 25.7 Å². The maximum Gasteiger partial charge on any atom is 0.216 e. The van der Waals surface area contributed by atoms with E-state index in [0.717, 1.165) is 25.7 Å². The summed E-state index contributed by atoms with van der Waals surface area (Å²) in [6, 6.07) is 0.147. The zero-order chi connectivity index (χ0) is 13.4. The summed E-state index contributed by atoms with van der Waals surface area (Å²) >= 11 is 0. The van der Waals surface area contributed by atoms with Crippen molar-refractivity contribution in [3.63, 3.8) is 0 Å². The van der Waals surface area contributed by atoms with E-state index in [1.807, 2.05) is 6.92 Å². The SMILES string of the molecule is CCOCCS(=O)(=O)N(CCN)C1CCCCC1. The molecule has 0 heterocycles. The van der Waals surface area contributed by atoms with E-state index < -0.39 is 10.0 Å². The Morgan fingerprint density at radius 3 is 2.50 bits per heavy atom. The largest absolute Gasteiger partial charge is 0.381 e. The molecule has 0 aromatic heterocycles. The van der Waals surface area contributed by atoms with Crippen molar-refractivity contribution in [2.24, 2.45) is 5.73 Å². The number of sulfonamides is 1. The molecule has 18 heavy (non-hydrogen) atoms. The first-order valence-corrected chi connectivity index (χ1v) is 8.50. The lowest BCUT2D eigenvalue weighted by Gasteiger charge is -2.33. The Balaban J connectivity index is 2.63. The minimum atomic E-state index is -3.23. The Labute approximate surface area is 111 Å². The molecule has 1 aliphatic rings. The van der Waals surface area contributed by atoms with Gasteiger partial charge in [-0.15, -0.1) is 0 Å². The molecule has 1 saturated carbocycles. The van der Waals surface area contributed by atoms with E-state index in [1.54, 1.807) is 4.31 Å². The zero-order valence-electron chi connectivity index (χ0n) is 11.3. The summed E-state index contributed by atoms with van der Waals surface area (Å²) in [6.07, 6.45) is 5.38. The molecule has 0 saturated heterocycles. The highest BCUT2D eigenvalue weighted by molar-refractivity contribution is 7.89. The maximum atomic E-state index is 12.3. The second kappa shape index (κ2) is 8.09. The lowest BCUT2D eigenvalue weighted by Crippen LogP contribution is -2.45. The summed E-state index contributed by atoms with van der Waals surface area (Å²) in [4.78, 5) is 0. The lowest BCUT2D eigenvalue weighted by molar-refractivity contribution is 0.161. The fourth-order valence-corrected chi connectivity index (χ4v) is 4.08. The first-order chi connectivity index (χ1) is 8.61. The van der Waals surface area contributed by atoms with Crippen molar-refractivity contribution in [2.45, 2.75) is 45.1 Å². The van der Waals surface area contributed by atoms with Gasteiger partial charge >= 0.3 is 0 Å². The van der Waals surface area contributed by atoms with Crippen molar-refractivity contribution in [1.82, 2.24) is 4.31 Å². The number of hydrogen-bond donors (Lipinski definition) is 1. The molecule has 0 unspecified atom stereocenters. The van der Waals surface area contributed by atoms with Crippen LogP contribution in [0, 0.1) is 0 Å². The van der Waals surface area contributed by atoms with Crippen LogP contribution in [-0.4, -0.2) is 50.8 Å². The molecular weight excluding hydrogens is 252 g/mol. The molecule has 1 aliphatic carbocycles. The average Bonchev–Trinajstić information content (AvgIpc) is 2.37. The molecule has 0 aromatic rings. The van der Waals surface area contributed by atoms with E-state index in [1.165, 1.54) is 6.42 Å². The van der Waals surface area contributed by atoms with Crippen molar-refractivity contribution in [1.29, 1.82) is 0 Å². The van der Waals surface area contributed by atoms with E-state index in [4.69, 9.17) is 10.5 Å². The second-order valence-corrected chi connectivity index (χ2v) is 6.75. The van der Waals surface area contributed by atoms with E-state index >= 15 is 0 Å². The van der Waals surface area contributed by atoms with Crippen molar-refractivity contribution in [3.05, 3.63) is 0 Å². The van der Waals surface area contributed by atoms with Crippen molar-refractivity contribution >= 4 is 10.0 Å². The molecular formula is C12H26N2O3S. The molecule has 0 aromatic carbocycles. The van der Waals surface area contributed by atoms with E-state index in [2.05, 4.69) is 0 Å². The Kier molecular flexibility index (Phi) is 7.14. The van der Waals surface area contributed by atoms with Gasteiger partial charge in [0.2, 0.25) is 10.0 Å². The Hall–Kier alpha value is -0.170. The van der Waals surface area contributed by atoms with Crippen LogP contribution in [0.25, 0.3) is 0 Å². The smallest absolute Gasteiger partial charge is 0.216 e. The van der Waals surface area contributed by atoms with Gasteiger partial charge in [-0.2, -0.15) is 4.31 Å². The van der Waals surface area contributed by atoms with Crippen LogP contribution in [-0.2, 0) is 14.8 Å². The van der Waals surface area contributed by atoms with E-state index in [-0.39, 0.29) is 18.4 Å². The van der Waals surface area contributed by atoms with Crippen LogP contribution < -0.4 is 5.73 Å². The summed E-state index contributed by atoms with van der Waals surface area (Å²) in [6.45, 7) is 3.50. The van der Waals surface area contributed by atoms with Gasteiger partial charge < -0.3 is 10.5 Å². The predicted octanol–water partition coefficient (Wildman–Crippen LogP) is 0.946. The van der Waals surface area contributed by atoms with Crippen LogP contribution in [0.2, 0.25) is 0 Å². The zero-order valence-corrected chi connectivity index (χ0v) is 12.1. The van der Waals surface area contributed by atoms with Gasteiger partial charge in [-0.1, -0.05) is 19.3 Å². The number of hydrogen-bond acceptors (Lipinski definition) is 4. The molecule has 108 valence electrons. The molecule has 1 fully saturated rings. The van der Waals surface area contributed by atoms with Gasteiger partial charge in [0.1, 0.15) is 0 Å². The van der Waals surface area contributed by atoms with Gasteiger partial charge in [0.25, 0.3) is 0 Å². The molecule has 2 N–H and O–H groups in total. The minimum Gasteiger partial charge on any atom is -0.381 e. The van der Waals surface area contributed by atoms with Gasteiger partial charge in [-0.05, 0) is 19.8 Å². The average molecular weight is 278 g/mol. The van der Waals surface area contributed by atoms with Gasteiger partial charge in [0.15, 0.2) is 0 Å². The highest BCUT2D eigenvalue weighted by Gasteiger charge is 2.29. The van der Waals surface area contributed by atoms with Crippen LogP contribution in [0.3, 0.4) is 0 Å². The van der Waals surface area contributed by atoms with Crippen LogP contribution in [0.1, 0.15) is 39.0 Å². The molecule has 0 amide bonds. The number of ether oxygens (including phenoxy) is 1. The first-order valence-electron chi connectivity index (χ1n) is 6.89. The monoisotopic (exact) mass is 278 g/mol. The Morgan fingerprint density at radius 2 is 1.94 bits per heavy atom. The summed E-state index contributed by atoms with van der Waals surface area (Å²) in [5.74, 6) is 0.0668. The third kappa shape index (κ3) is 4.84.